The monoisotopic (exact) mass is 267 g/mol. The molecule has 1 amide bonds. The second-order valence-corrected chi connectivity index (χ2v) is 5.06. The maximum Gasteiger partial charge on any atom is 0.261 e. The SMILES string of the molecule is C[C@H](NC(=O)[C@H]1Cc2ccccc2O1)c1ccccc1. The summed E-state index contributed by atoms with van der Waals surface area (Å²) in [6.07, 6.45) is 0.224. The molecule has 0 saturated heterocycles. The predicted octanol–water partition coefficient (Wildman–Crippen LogP) is 2.87. The normalized spacial score (nSPS) is 17.9. The molecule has 2 aromatic carbocycles. The largest absolute Gasteiger partial charge is 0.480 e. The number of para-hydroxylation sites is 1. The van der Waals surface area contributed by atoms with Crippen molar-refractivity contribution in [2.45, 2.75) is 25.5 Å². The van der Waals surface area contributed by atoms with Crippen molar-refractivity contribution in [2.24, 2.45) is 0 Å². The molecule has 0 bridgehead atoms. The van der Waals surface area contributed by atoms with E-state index < -0.39 is 6.10 Å². The van der Waals surface area contributed by atoms with Gasteiger partial charge in [-0.3, -0.25) is 4.79 Å². The van der Waals surface area contributed by atoms with Crippen LogP contribution in [0.5, 0.6) is 5.75 Å². The zero-order valence-corrected chi connectivity index (χ0v) is 11.4. The minimum atomic E-state index is -0.418. The Morgan fingerprint density at radius 3 is 2.60 bits per heavy atom. The van der Waals surface area contributed by atoms with E-state index in [0.29, 0.717) is 6.42 Å². The third kappa shape index (κ3) is 2.52. The number of nitrogens with one attached hydrogen (secondary N) is 1. The summed E-state index contributed by atoms with van der Waals surface area (Å²) in [4.78, 5) is 12.3. The molecular formula is C17H17NO2. The molecule has 0 unspecified atom stereocenters. The smallest absolute Gasteiger partial charge is 0.261 e. The highest BCUT2D eigenvalue weighted by molar-refractivity contribution is 5.82. The van der Waals surface area contributed by atoms with Gasteiger partial charge in [-0.1, -0.05) is 48.5 Å². The molecule has 1 heterocycles. The first kappa shape index (κ1) is 12.7. The Bertz CT molecular complexity index is 584. The summed E-state index contributed by atoms with van der Waals surface area (Å²) in [5.41, 5.74) is 2.19. The first-order valence-corrected chi connectivity index (χ1v) is 6.84. The van der Waals surface area contributed by atoms with Gasteiger partial charge in [0.15, 0.2) is 6.10 Å². The lowest BCUT2D eigenvalue weighted by Gasteiger charge is -2.17. The maximum atomic E-state index is 12.3. The fourth-order valence-electron chi connectivity index (χ4n) is 2.46. The Balaban J connectivity index is 1.64. The highest BCUT2D eigenvalue weighted by Gasteiger charge is 2.29. The third-order valence-corrected chi connectivity index (χ3v) is 3.60. The van der Waals surface area contributed by atoms with Gasteiger partial charge in [0, 0.05) is 6.42 Å². The van der Waals surface area contributed by atoms with Gasteiger partial charge in [0.2, 0.25) is 0 Å². The second-order valence-electron chi connectivity index (χ2n) is 5.06. The summed E-state index contributed by atoms with van der Waals surface area (Å²) in [6, 6.07) is 17.7. The third-order valence-electron chi connectivity index (χ3n) is 3.60. The van der Waals surface area contributed by atoms with Crippen LogP contribution in [0.3, 0.4) is 0 Å². The molecule has 1 aliphatic rings. The Hall–Kier alpha value is -2.29. The minimum absolute atomic E-state index is 0.0176. The molecule has 1 aliphatic heterocycles. The highest BCUT2D eigenvalue weighted by atomic mass is 16.5. The summed E-state index contributed by atoms with van der Waals surface area (Å²) in [7, 11) is 0. The lowest BCUT2D eigenvalue weighted by molar-refractivity contribution is -0.127. The second kappa shape index (κ2) is 5.37. The van der Waals surface area contributed by atoms with Crippen molar-refractivity contribution in [3.63, 3.8) is 0 Å². The van der Waals surface area contributed by atoms with Gasteiger partial charge in [0.05, 0.1) is 6.04 Å². The van der Waals surface area contributed by atoms with Crippen molar-refractivity contribution in [1.82, 2.24) is 5.32 Å². The molecule has 3 heteroatoms. The van der Waals surface area contributed by atoms with E-state index in [0.717, 1.165) is 16.9 Å². The summed E-state index contributed by atoms with van der Waals surface area (Å²) in [5, 5.41) is 3.01. The number of hydrogen-bond donors (Lipinski definition) is 1. The maximum absolute atomic E-state index is 12.3. The average Bonchev–Trinajstić information content (AvgIpc) is 2.92. The number of benzene rings is 2. The minimum Gasteiger partial charge on any atom is -0.480 e. The molecule has 1 N–H and O–H groups in total. The van der Waals surface area contributed by atoms with Gasteiger partial charge in [0.1, 0.15) is 5.75 Å². The first-order chi connectivity index (χ1) is 9.74. The van der Waals surface area contributed by atoms with Crippen LogP contribution in [0.2, 0.25) is 0 Å². The fourth-order valence-corrected chi connectivity index (χ4v) is 2.46. The van der Waals surface area contributed by atoms with Crippen molar-refractivity contribution < 1.29 is 9.53 Å². The summed E-state index contributed by atoms with van der Waals surface area (Å²) < 4.78 is 5.69. The number of ether oxygens (including phenoxy) is 1. The fraction of sp³-hybridized carbons (Fsp3) is 0.235. The molecule has 2 atom stereocenters. The molecule has 102 valence electrons. The molecule has 0 fully saturated rings. The lowest BCUT2D eigenvalue weighted by Crippen LogP contribution is -2.38. The van der Waals surface area contributed by atoms with E-state index in [-0.39, 0.29) is 11.9 Å². The van der Waals surface area contributed by atoms with E-state index in [1.54, 1.807) is 0 Å². The van der Waals surface area contributed by atoms with E-state index in [2.05, 4.69) is 5.32 Å². The number of fused-ring (bicyclic) bond motifs is 1. The topological polar surface area (TPSA) is 38.3 Å². The quantitative estimate of drug-likeness (QED) is 0.928. The predicted molar refractivity (Wildman–Crippen MR) is 77.6 cm³/mol. The van der Waals surface area contributed by atoms with Crippen LogP contribution < -0.4 is 10.1 Å². The molecule has 20 heavy (non-hydrogen) atoms. The van der Waals surface area contributed by atoms with Gasteiger partial charge in [-0.25, -0.2) is 0 Å². The average molecular weight is 267 g/mol. The van der Waals surface area contributed by atoms with Crippen molar-refractivity contribution >= 4 is 5.91 Å². The van der Waals surface area contributed by atoms with Crippen LogP contribution >= 0.6 is 0 Å². The number of rotatable bonds is 3. The van der Waals surface area contributed by atoms with Gasteiger partial charge >= 0.3 is 0 Å². The van der Waals surface area contributed by atoms with Crippen LogP contribution in [0.25, 0.3) is 0 Å². The van der Waals surface area contributed by atoms with Crippen LogP contribution in [0.1, 0.15) is 24.1 Å². The molecule has 3 nitrogen and oxygen atoms in total. The van der Waals surface area contributed by atoms with Crippen LogP contribution in [-0.4, -0.2) is 12.0 Å². The lowest BCUT2D eigenvalue weighted by atomic mass is 10.1. The van der Waals surface area contributed by atoms with Crippen LogP contribution in [0, 0.1) is 0 Å². The van der Waals surface area contributed by atoms with Crippen LogP contribution in [0.4, 0.5) is 0 Å². The van der Waals surface area contributed by atoms with Gasteiger partial charge in [-0.05, 0) is 24.1 Å². The highest BCUT2D eigenvalue weighted by Crippen LogP contribution is 2.28. The number of carbonyl (C=O) groups excluding carboxylic acids is 1. The molecule has 0 spiro atoms. The van der Waals surface area contributed by atoms with E-state index in [1.807, 2.05) is 61.5 Å². The number of amides is 1. The van der Waals surface area contributed by atoms with Crippen molar-refractivity contribution in [1.29, 1.82) is 0 Å². The van der Waals surface area contributed by atoms with Crippen LogP contribution in [-0.2, 0) is 11.2 Å². The van der Waals surface area contributed by atoms with Crippen molar-refractivity contribution in [2.75, 3.05) is 0 Å². The molecule has 0 aromatic heterocycles. The molecular weight excluding hydrogens is 250 g/mol. The Morgan fingerprint density at radius 1 is 1.15 bits per heavy atom. The number of carbonyl (C=O) groups is 1. The van der Waals surface area contributed by atoms with Gasteiger partial charge in [-0.15, -0.1) is 0 Å². The standard InChI is InChI=1S/C17H17NO2/c1-12(13-7-3-2-4-8-13)18-17(19)16-11-14-9-5-6-10-15(14)20-16/h2-10,12,16H,11H2,1H3,(H,18,19)/t12-,16+/m0/s1. The van der Waals surface area contributed by atoms with Crippen molar-refractivity contribution in [3.05, 3.63) is 65.7 Å². The Morgan fingerprint density at radius 2 is 1.85 bits per heavy atom. The van der Waals surface area contributed by atoms with Gasteiger partial charge < -0.3 is 10.1 Å². The van der Waals surface area contributed by atoms with E-state index in [9.17, 15) is 4.79 Å². The van der Waals surface area contributed by atoms with Crippen molar-refractivity contribution in [3.8, 4) is 5.75 Å². The van der Waals surface area contributed by atoms with E-state index >= 15 is 0 Å². The summed E-state index contributed by atoms with van der Waals surface area (Å²) in [5.74, 6) is 0.762. The zero-order valence-electron chi connectivity index (χ0n) is 11.4. The van der Waals surface area contributed by atoms with Crippen LogP contribution in [0.15, 0.2) is 54.6 Å². The number of hydrogen-bond acceptors (Lipinski definition) is 2. The first-order valence-electron chi connectivity index (χ1n) is 6.84. The van der Waals surface area contributed by atoms with E-state index in [1.165, 1.54) is 0 Å². The zero-order chi connectivity index (χ0) is 13.9. The Labute approximate surface area is 118 Å². The van der Waals surface area contributed by atoms with Gasteiger partial charge in [0.25, 0.3) is 5.91 Å². The molecule has 0 saturated carbocycles. The molecule has 3 rings (SSSR count). The molecule has 0 aliphatic carbocycles. The Kier molecular flexibility index (Phi) is 3.42. The molecule has 0 radical (unpaired) electrons. The molecule has 2 aromatic rings. The van der Waals surface area contributed by atoms with E-state index in [4.69, 9.17) is 4.74 Å². The summed E-state index contributed by atoms with van der Waals surface area (Å²) in [6.45, 7) is 1.98. The summed E-state index contributed by atoms with van der Waals surface area (Å²) >= 11 is 0. The van der Waals surface area contributed by atoms with Gasteiger partial charge in [-0.2, -0.15) is 0 Å².